The highest BCUT2D eigenvalue weighted by Gasteiger charge is 2.34. The summed E-state index contributed by atoms with van der Waals surface area (Å²) in [6.07, 6.45) is 8.25. The van der Waals surface area contributed by atoms with Crippen LogP contribution in [0.5, 0.6) is 0 Å². The zero-order chi connectivity index (χ0) is 15.8. The molecule has 1 fully saturated rings. The predicted molar refractivity (Wildman–Crippen MR) is 87.1 cm³/mol. The van der Waals surface area contributed by atoms with Crippen molar-refractivity contribution in [3.8, 4) is 0 Å². The Bertz CT molecular complexity index is 736. The van der Waals surface area contributed by atoms with Crippen LogP contribution in [0.4, 0.5) is 0 Å². The summed E-state index contributed by atoms with van der Waals surface area (Å²) in [5.74, 6) is 1.05. The fraction of sp³-hybridized carbons (Fsp3) is 0.500. The van der Waals surface area contributed by atoms with Crippen LogP contribution in [0.25, 0.3) is 0 Å². The van der Waals surface area contributed by atoms with E-state index in [1.165, 1.54) is 24.0 Å². The maximum atomic E-state index is 13.2. The van der Waals surface area contributed by atoms with Crippen molar-refractivity contribution in [1.82, 2.24) is 19.7 Å². The molecule has 2 aliphatic rings. The molecule has 1 amide bonds. The average Bonchev–Trinajstić information content (AvgIpc) is 3.22. The number of aromatic nitrogens is 3. The number of hydrogen-bond acceptors (Lipinski definition) is 3. The lowest BCUT2D eigenvalue weighted by Crippen LogP contribution is -2.33. The highest BCUT2D eigenvalue weighted by Crippen LogP contribution is 2.33. The van der Waals surface area contributed by atoms with Gasteiger partial charge in [0.15, 0.2) is 5.82 Å². The number of amides is 1. The maximum Gasteiger partial charge on any atom is 0.254 e. The molecule has 1 unspecified atom stereocenters. The second-order valence-electron chi connectivity index (χ2n) is 6.61. The molecule has 1 saturated heterocycles. The molecule has 2 aromatic rings. The van der Waals surface area contributed by atoms with Gasteiger partial charge in [-0.1, -0.05) is 12.1 Å². The third-order valence-electron chi connectivity index (χ3n) is 5.18. The predicted octanol–water partition coefficient (Wildman–Crippen LogP) is 2.67. The molecular formula is C18H22N4O. The summed E-state index contributed by atoms with van der Waals surface area (Å²) in [5.41, 5.74) is 3.53. The van der Waals surface area contributed by atoms with Gasteiger partial charge in [0.05, 0.1) is 6.04 Å². The summed E-state index contributed by atoms with van der Waals surface area (Å²) in [4.78, 5) is 15.2. The van der Waals surface area contributed by atoms with Gasteiger partial charge in [0.1, 0.15) is 6.33 Å². The van der Waals surface area contributed by atoms with E-state index in [1.807, 2.05) is 28.6 Å². The second-order valence-corrected chi connectivity index (χ2v) is 6.61. The van der Waals surface area contributed by atoms with Gasteiger partial charge >= 0.3 is 0 Å². The Balaban J connectivity index is 1.68. The summed E-state index contributed by atoms with van der Waals surface area (Å²) in [7, 11) is 1.95. The van der Waals surface area contributed by atoms with Crippen molar-refractivity contribution in [1.29, 1.82) is 0 Å². The van der Waals surface area contributed by atoms with Crippen molar-refractivity contribution < 1.29 is 4.79 Å². The molecule has 1 aliphatic carbocycles. The van der Waals surface area contributed by atoms with Crippen molar-refractivity contribution in [2.24, 2.45) is 7.05 Å². The summed E-state index contributed by atoms with van der Waals surface area (Å²) in [5, 5.41) is 8.21. The van der Waals surface area contributed by atoms with Crippen molar-refractivity contribution >= 4 is 5.91 Å². The van der Waals surface area contributed by atoms with Gasteiger partial charge in [-0.25, -0.2) is 0 Å². The number of fused-ring (bicyclic) bond motifs is 1. The van der Waals surface area contributed by atoms with E-state index >= 15 is 0 Å². The van der Waals surface area contributed by atoms with E-state index in [9.17, 15) is 4.79 Å². The van der Waals surface area contributed by atoms with Crippen LogP contribution in [-0.2, 0) is 19.9 Å². The Hall–Kier alpha value is -2.17. The number of nitrogens with zero attached hydrogens (tertiary/aromatic N) is 4. The Morgan fingerprint density at radius 1 is 1.22 bits per heavy atom. The molecule has 4 rings (SSSR count). The number of carbonyl (C=O) groups excluding carboxylic acids is 1. The van der Waals surface area contributed by atoms with Crippen LogP contribution in [-0.4, -0.2) is 32.1 Å². The summed E-state index contributed by atoms with van der Waals surface area (Å²) >= 11 is 0. The number of benzene rings is 1. The Morgan fingerprint density at radius 2 is 2.09 bits per heavy atom. The molecule has 1 atom stereocenters. The van der Waals surface area contributed by atoms with Gasteiger partial charge in [0.2, 0.25) is 0 Å². The monoisotopic (exact) mass is 310 g/mol. The van der Waals surface area contributed by atoms with Crippen molar-refractivity contribution in [3.05, 3.63) is 47.0 Å². The average molecular weight is 310 g/mol. The summed E-state index contributed by atoms with van der Waals surface area (Å²) in [6.45, 7) is 0.806. The molecule has 0 N–H and O–H groups in total. The van der Waals surface area contributed by atoms with Crippen molar-refractivity contribution in [2.75, 3.05) is 6.54 Å². The zero-order valence-electron chi connectivity index (χ0n) is 13.5. The summed E-state index contributed by atoms with van der Waals surface area (Å²) < 4.78 is 1.93. The van der Waals surface area contributed by atoms with Gasteiger partial charge in [-0.05, 0) is 55.7 Å². The summed E-state index contributed by atoms with van der Waals surface area (Å²) in [6, 6.07) is 6.26. The van der Waals surface area contributed by atoms with Crippen LogP contribution < -0.4 is 0 Å². The third kappa shape index (κ3) is 2.44. The molecule has 0 saturated carbocycles. The Kier molecular flexibility index (Phi) is 3.63. The first-order valence-electron chi connectivity index (χ1n) is 8.51. The fourth-order valence-electron chi connectivity index (χ4n) is 4.01. The van der Waals surface area contributed by atoms with E-state index in [2.05, 4.69) is 16.3 Å². The lowest BCUT2D eigenvalue weighted by molar-refractivity contribution is 0.0726. The molecule has 23 heavy (non-hydrogen) atoms. The highest BCUT2D eigenvalue weighted by molar-refractivity contribution is 5.96. The molecule has 1 aromatic carbocycles. The van der Waals surface area contributed by atoms with Crippen LogP contribution in [0.15, 0.2) is 24.5 Å². The molecule has 0 spiro atoms. The minimum atomic E-state index is 0.0504. The number of carbonyl (C=O) groups is 1. The highest BCUT2D eigenvalue weighted by atomic mass is 16.2. The van der Waals surface area contributed by atoms with E-state index in [0.29, 0.717) is 0 Å². The lowest BCUT2D eigenvalue weighted by Gasteiger charge is -2.26. The molecule has 2 heterocycles. The molecule has 1 aromatic heterocycles. The number of likely N-dealkylation sites (tertiary alicyclic amines) is 1. The van der Waals surface area contributed by atoms with E-state index in [-0.39, 0.29) is 11.9 Å². The first kappa shape index (κ1) is 14.4. The topological polar surface area (TPSA) is 51.0 Å². The van der Waals surface area contributed by atoms with Crippen molar-refractivity contribution in [3.63, 3.8) is 0 Å². The lowest BCUT2D eigenvalue weighted by atomic mass is 9.88. The molecule has 1 aliphatic heterocycles. The molecule has 0 bridgehead atoms. The molecule has 5 nitrogen and oxygen atoms in total. The zero-order valence-corrected chi connectivity index (χ0v) is 13.5. The number of rotatable bonds is 2. The van der Waals surface area contributed by atoms with E-state index in [1.54, 1.807) is 6.33 Å². The Labute approximate surface area is 136 Å². The molecule has 0 radical (unpaired) electrons. The first-order chi connectivity index (χ1) is 11.3. The van der Waals surface area contributed by atoms with E-state index < -0.39 is 0 Å². The van der Waals surface area contributed by atoms with Crippen LogP contribution in [0.3, 0.4) is 0 Å². The third-order valence-corrected chi connectivity index (χ3v) is 5.18. The molecule has 5 heteroatoms. The number of hydrogen-bond donors (Lipinski definition) is 0. The van der Waals surface area contributed by atoms with Gasteiger partial charge in [0, 0.05) is 19.2 Å². The van der Waals surface area contributed by atoms with E-state index in [0.717, 1.165) is 43.6 Å². The van der Waals surface area contributed by atoms with Crippen LogP contribution >= 0.6 is 0 Å². The smallest absolute Gasteiger partial charge is 0.254 e. The van der Waals surface area contributed by atoms with Gasteiger partial charge in [-0.2, -0.15) is 0 Å². The normalized spacial score (nSPS) is 20.6. The Morgan fingerprint density at radius 3 is 2.91 bits per heavy atom. The molecule has 120 valence electrons. The minimum absolute atomic E-state index is 0.0504. The largest absolute Gasteiger partial charge is 0.328 e. The fourth-order valence-corrected chi connectivity index (χ4v) is 4.01. The van der Waals surface area contributed by atoms with Gasteiger partial charge < -0.3 is 9.47 Å². The van der Waals surface area contributed by atoms with Crippen LogP contribution in [0, 0.1) is 0 Å². The van der Waals surface area contributed by atoms with E-state index in [4.69, 9.17) is 0 Å². The van der Waals surface area contributed by atoms with Crippen LogP contribution in [0.2, 0.25) is 0 Å². The number of aryl methyl sites for hydroxylation is 2. The SMILES string of the molecule is Cn1cnnc1C1CCCN1C(=O)c1cccc2c1CCCC2. The standard InChI is InChI=1S/C18H22N4O/c1-21-12-19-20-17(21)16-10-5-11-22(16)18(23)15-9-4-7-13-6-2-3-8-14(13)15/h4,7,9,12,16H,2-3,5-6,8,10-11H2,1H3. The minimum Gasteiger partial charge on any atom is -0.328 e. The first-order valence-corrected chi connectivity index (χ1v) is 8.51. The van der Waals surface area contributed by atoms with Crippen LogP contribution in [0.1, 0.15) is 59.0 Å². The molecular weight excluding hydrogens is 288 g/mol. The van der Waals surface area contributed by atoms with Gasteiger partial charge in [0.25, 0.3) is 5.91 Å². The van der Waals surface area contributed by atoms with Gasteiger partial charge in [-0.3, -0.25) is 4.79 Å². The second kappa shape index (κ2) is 5.80. The quantitative estimate of drug-likeness (QED) is 0.857. The maximum absolute atomic E-state index is 13.2. The van der Waals surface area contributed by atoms with Crippen molar-refractivity contribution in [2.45, 2.75) is 44.6 Å². The van der Waals surface area contributed by atoms with Gasteiger partial charge in [-0.15, -0.1) is 10.2 Å².